The van der Waals surface area contributed by atoms with Gasteiger partial charge in [0.05, 0.1) is 0 Å². The molecule has 120 valence electrons. The summed E-state index contributed by atoms with van der Waals surface area (Å²) in [7, 11) is 0. The summed E-state index contributed by atoms with van der Waals surface area (Å²) in [5.74, 6) is 1.02. The zero-order chi connectivity index (χ0) is 14.9. The van der Waals surface area contributed by atoms with Crippen LogP contribution in [0.2, 0.25) is 5.02 Å². The number of rotatable bonds is 3. The van der Waals surface area contributed by atoms with Crippen LogP contribution >= 0.6 is 11.6 Å². The maximum atomic E-state index is 5.98. The molecule has 0 aromatic heterocycles. The molecule has 4 heteroatoms. The van der Waals surface area contributed by atoms with Crippen molar-refractivity contribution >= 4 is 17.3 Å². The van der Waals surface area contributed by atoms with E-state index in [1.807, 2.05) is 12.1 Å². The van der Waals surface area contributed by atoms with Crippen LogP contribution in [-0.4, -0.2) is 61.7 Å². The van der Waals surface area contributed by atoms with Gasteiger partial charge in [-0.15, -0.1) is 0 Å². The average Bonchev–Trinajstić information content (AvgIpc) is 2.58. The fourth-order valence-corrected chi connectivity index (χ4v) is 4.54. The number of halogens is 1. The topological polar surface area (TPSA) is 9.72 Å². The molecule has 4 saturated heterocycles. The Bertz CT molecular complexity index is 488. The van der Waals surface area contributed by atoms with E-state index in [1.54, 1.807) is 0 Å². The third kappa shape index (κ3) is 3.12. The van der Waals surface area contributed by atoms with Crippen molar-refractivity contribution in [2.24, 2.45) is 5.92 Å². The molecule has 1 unspecified atom stereocenters. The number of anilines is 1. The maximum absolute atomic E-state index is 5.98. The predicted octanol–water partition coefficient (Wildman–Crippen LogP) is 2.95. The second-order valence-corrected chi connectivity index (χ2v) is 7.57. The summed E-state index contributed by atoms with van der Waals surface area (Å²) >= 11 is 5.98. The summed E-state index contributed by atoms with van der Waals surface area (Å²) in [6.45, 7) is 8.63. The number of fused-ring (bicyclic) bond motifs is 3. The largest absolute Gasteiger partial charge is 0.369 e. The molecule has 0 amide bonds. The number of hydrogen-bond donors (Lipinski definition) is 0. The standard InChI is InChI=1S/C18H26ClN3/c19-16-1-3-17(4-2-16)22-11-9-20(10-12-22)14-18-13-15-5-7-21(18)8-6-15/h1-4,15,18H,5-14H2. The van der Waals surface area contributed by atoms with Crippen LogP contribution < -0.4 is 4.90 Å². The zero-order valence-electron chi connectivity index (χ0n) is 13.3. The Balaban J connectivity index is 1.29. The Kier molecular flexibility index (Phi) is 4.29. The number of benzene rings is 1. The molecule has 1 atom stereocenters. The molecule has 3 nitrogen and oxygen atoms in total. The Morgan fingerprint density at radius 3 is 2.18 bits per heavy atom. The van der Waals surface area contributed by atoms with Crippen LogP contribution in [-0.2, 0) is 0 Å². The highest BCUT2D eigenvalue weighted by Gasteiger charge is 2.34. The highest BCUT2D eigenvalue weighted by Crippen LogP contribution is 2.32. The highest BCUT2D eigenvalue weighted by atomic mass is 35.5. The lowest BCUT2D eigenvalue weighted by atomic mass is 9.83. The lowest BCUT2D eigenvalue weighted by Gasteiger charge is -2.48. The van der Waals surface area contributed by atoms with Gasteiger partial charge in [0, 0.05) is 49.5 Å². The van der Waals surface area contributed by atoms with Crippen molar-refractivity contribution in [2.75, 3.05) is 50.7 Å². The zero-order valence-corrected chi connectivity index (χ0v) is 14.0. The average molecular weight is 320 g/mol. The Morgan fingerprint density at radius 1 is 0.909 bits per heavy atom. The van der Waals surface area contributed by atoms with Crippen LogP contribution in [0.3, 0.4) is 0 Å². The van der Waals surface area contributed by atoms with E-state index < -0.39 is 0 Å². The van der Waals surface area contributed by atoms with Crippen molar-refractivity contribution in [3.8, 4) is 0 Å². The van der Waals surface area contributed by atoms with Crippen LogP contribution in [0.1, 0.15) is 19.3 Å². The molecule has 4 fully saturated rings. The summed E-state index contributed by atoms with van der Waals surface area (Å²) in [5, 5.41) is 0.823. The van der Waals surface area contributed by atoms with Gasteiger partial charge >= 0.3 is 0 Å². The molecule has 0 saturated carbocycles. The first-order valence-electron chi connectivity index (χ1n) is 8.75. The first-order chi connectivity index (χ1) is 10.8. The normalized spacial score (nSPS) is 32.4. The van der Waals surface area contributed by atoms with Crippen molar-refractivity contribution < 1.29 is 0 Å². The lowest BCUT2D eigenvalue weighted by molar-refractivity contribution is 0.0273. The van der Waals surface area contributed by atoms with Crippen LogP contribution in [0, 0.1) is 5.92 Å². The first-order valence-corrected chi connectivity index (χ1v) is 9.12. The molecule has 5 rings (SSSR count). The van der Waals surface area contributed by atoms with Crippen LogP contribution in [0.15, 0.2) is 24.3 Å². The molecule has 2 bridgehead atoms. The van der Waals surface area contributed by atoms with E-state index in [0.29, 0.717) is 0 Å². The summed E-state index contributed by atoms with van der Waals surface area (Å²) in [6, 6.07) is 9.10. The second kappa shape index (κ2) is 6.38. The quantitative estimate of drug-likeness (QED) is 0.848. The first kappa shape index (κ1) is 14.8. The van der Waals surface area contributed by atoms with E-state index >= 15 is 0 Å². The fraction of sp³-hybridized carbons (Fsp3) is 0.667. The van der Waals surface area contributed by atoms with Crippen LogP contribution in [0.5, 0.6) is 0 Å². The van der Waals surface area contributed by atoms with E-state index in [1.165, 1.54) is 57.7 Å². The molecule has 0 aliphatic carbocycles. The van der Waals surface area contributed by atoms with Gasteiger partial charge in [-0.2, -0.15) is 0 Å². The fourth-order valence-electron chi connectivity index (χ4n) is 4.42. The Labute approximate surface area is 138 Å². The lowest BCUT2D eigenvalue weighted by Crippen LogP contribution is -2.56. The minimum Gasteiger partial charge on any atom is -0.369 e. The van der Waals surface area contributed by atoms with Gasteiger partial charge in [-0.1, -0.05) is 11.6 Å². The van der Waals surface area contributed by atoms with Gasteiger partial charge in [0.2, 0.25) is 0 Å². The second-order valence-electron chi connectivity index (χ2n) is 7.13. The molecule has 0 N–H and O–H groups in total. The summed E-state index contributed by atoms with van der Waals surface area (Å²) in [6.07, 6.45) is 4.33. The van der Waals surface area contributed by atoms with E-state index in [4.69, 9.17) is 11.6 Å². The minimum absolute atomic E-state index is 0.823. The molecule has 0 spiro atoms. The predicted molar refractivity (Wildman–Crippen MR) is 92.8 cm³/mol. The van der Waals surface area contributed by atoms with Crippen molar-refractivity contribution in [2.45, 2.75) is 25.3 Å². The molecule has 4 heterocycles. The molecule has 22 heavy (non-hydrogen) atoms. The van der Waals surface area contributed by atoms with Gasteiger partial charge in [-0.3, -0.25) is 9.80 Å². The molecule has 0 radical (unpaired) electrons. The highest BCUT2D eigenvalue weighted by molar-refractivity contribution is 6.30. The van der Waals surface area contributed by atoms with Crippen LogP contribution in [0.25, 0.3) is 0 Å². The van der Waals surface area contributed by atoms with Gasteiger partial charge < -0.3 is 4.90 Å². The summed E-state index contributed by atoms with van der Waals surface area (Å²) < 4.78 is 0. The Morgan fingerprint density at radius 2 is 1.59 bits per heavy atom. The molecule has 4 aliphatic heterocycles. The molecular weight excluding hydrogens is 294 g/mol. The molecule has 1 aromatic rings. The number of piperazine rings is 1. The third-order valence-electron chi connectivity index (χ3n) is 5.80. The van der Waals surface area contributed by atoms with Gasteiger partial charge in [0.1, 0.15) is 0 Å². The number of hydrogen-bond acceptors (Lipinski definition) is 3. The Hall–Kier alpha value is -0.770. The van der Waals surface area contributed by atoms with Crippen LogP contribution in [0.4, 0.5) is 5.69 Å². The molecule has 4 aliphatic rings. The van der Waals surface area contributed by atoms with Gasteiger partial charge in [-0.05, 0) is 62.5 Å². The number of nitrogens with zero attached hydrogens (tertiary/aromatic N) is 3. The molecule has 1 aromatic carbocycles. The van der Waals surface area contributed by atoms with Crippen molar-refractivity contribution in [3.63, 3.8) is 0 Å². The van der Waals surface area contributed by atoms with Gasteiger partial charge in [0.15, 0.2) is 0 Å². The van der Waals surface area contributed by atoms with E-state index in [0.717, 1.165) is 30.1 Å². The summed E-state index contributed by atoms with van der Waals surface area (Å²) in [4.78, 5) is 7.91. The van der Waals surface area contributed by atoms with E-state index in [-0.39, 0.29) is 0 Å². The maximum Gasteiger partial charge on any atom is 0.0407 e. The SMILES string of the molecule is Clc1ccc(N2CCN(CC3CC4CCN3CC4)CC2)cc1. The van der Waals surface area contributed by atoms with Crippen molar-refractivity contribution in [1.29, 1.82) is 0 Å². The molecular formula is C18H26ClN3. The number of piperidine rings is 3. The van der Waals surface area contributed by atoms with Crippen molar-refractivity contribution in [1.82, 2.24) is 9.80 Å². The third-order valence-corrected chi connectivity index (χ3v) is 6.06. The summed E-state index contributed by atoms with van der Waals surface area (Å²) in [5.41, 5.74) is 1.31. The van der Waals surface area contributed by atoms with Crippen molar-refractivity contribution in [3.05, 3.63) is 29.3 Å². The van der Waals surface area contributed by atoms with E-state index in [9.17, 15) is 0 Å². The van der Waals surface area contributed by atoms with Gasteiger partial charge in [-0.25, -0.2) is 0 Å². The smallest absolute Gasteiger partial charge is 0.0407 e. The van der Waals surface area contributed by atoms with Gasteiger partial charge in [0.25, 0.3) is 0 Å². The monoisotopic (exact) mass is 319 g/mol. The minimum atomic E-state index is 0.823. The van der Waals surface area contributed by atoms with E-state index in [2.05, 4.69) is 26.8 Å².